The van der Waals surface area contributed by atoms with Crippen molar-refractivity contribution in [2.75, 3.05) is 0 Å². The van der Waals surface area contributed by atoms with E-state index in [1.54, 1.807) is 6.92 Å². The molecule has 0 aliphatic heterocycles. The van der Waals surface area contributed by atoms with Gasteiger partial charge in [0.2, 0.25) is 0 Å². The molecule has 0 spiro atoms. The number of nitrogens with zero attached hydrogens (tertiary/aromatic N) is 2. The summed E-state index contributed by atoms with van der Waals surface area (Å²) in [6, 6.07) is 0. The summed E-state index contributed by atoms with van der Waals surface area (Å²) in [4.78, 5) is 37.6. The zero-order valence-corrected chi connectivity index (χ0v) is 10.0. The number of carbonyl (C=O) groups is 2. The van der Waals surface area contributed by atoms with Crippen LogP contribution in [0.4, 0.5) is 0 Å². The molecular formula is C11H11N3O5. The molecule has 0 aromatic carbocycles. The molecule has 0 saturated heterocycles. The van der Waals surface area contributed by atoms with Crippen molar-refractivity contribution in [3.8, 4) is 0 Å². The minimum atomic E-state index is -1.19. The molecule has 100 valence electrons. The lowest BCUT2D eigenvalue weighted by Crippen LogP contribution is -2.22. The first-order chi connectivity index (χ1) is 8.91. The first-order valence-electron chi connectivity index (χ1n) is 5.46. The van der Waals surface area contributed by atoms with E-state index in [0.29, 0.717) is 5.69 Å². The topological polar surface area (TPSA) is 125 Å². The number of H-pyrrole nitrogens is 1. The van der Waals surface area contributed by atoms with Crippen LogP contribution >= 0.6 is 0 Å². The molecule has 0 fully saturated rings. The highest BCUT2D eigenvalue weighted by atomic mass is 16.4. The second-order valence-corrected chi connectivity index (χ2v) is 4.03. The molecule has 0 bridgehead atoms. The number of carboxylic acids is 2. The van der Waals surface area contributed by atoms with Gasteiger partial charge in [-0.3, -0.25) is 14.7 Å². The van der Waals surface area contributed by atoms with Crippen LogP contribution in [0.25, 0.3) is 5.65 Å². The normalized spacial score (nSPS) is 10.8. The smallest absolute Gasteiger partial charge is 0.341 e. The van der Waals surface area contributed by atoms with E-state index in [1.807, 2.05) is 0 Å². The highest BCUT2D eigenvalue weighted by Gasteiger charge is 2.17. The molecule has 2 rings (SSSR count). The lowest BCUT2D eigenvalue weighted by atomic mass is 10.1. The quantitative estimate of drug-likeness (QED) is 0.717. The fourth-order valence-electron chi connectivity index (χ4n) is 1.83. The Morgan fingerprint density at radius 3 is 2.68 bits per heavy atom. The van der Waals surface area contributed by atoms with Gasteiger partial charge in [-0.25, -0.2) is 14.3 Å². The number of aromatic carboxylic acids is 1. The number of carboxylic acid groups (broad SMARTS) is 2. The number of hydrogen-bond acceptors (Lipinski definition) is 4. The highest BCUT2D eigenvalue weighted by Crippen LogP contribution is 2.10. The number of fused-ring (bicyclic) bond motifs is 1. The highest BCUT2D eigenvalue weighted by molar-refractivity contribution is 5.94. The summed E-state index contributed by atoms with van der Waals surface area (Å²) in [5, 5.41) is 20.1. The van der Waals surface area contributed by atoms with Gasteiger partial charge in [-0.05, 0) is 13.3 Å². The fraction of sp³-hybridized carbons (Fsp3) is 0.273. The van der Waals surface area contributed by atoms with Gasteiger partial charge in [0.15, 0.2) is 5.65 Å². The zero-order chi connectivity index (χ0) is 14.2. The van der Waals surface area contributed by atoms with Crippen LogP contribution in [0.15, 0.2) is 11.0 Å². The molecule has 2 aromatic rings. The molecule has 0 radical (unpaired) electrons. The summed E-state index contributed by atoms with van der Waals surface area (Å²) in [5.41, 5.74) is 0.0438. The number of nitrogens with one attached hydrogen (secondary N) is 1. The minimum Gasteiger partial charge on any atom is -0.481 e. The minimum absolute atomic E-state index is 0.0223. The van der Waals surface area contributed by atoms with E-state index in [-0.39, 0.29) is 29.6 Å². The van der Waals surface area contributed by atoms with Crippen LogP contribution in [-0.4, -0.2) is 36.7 Å². The molecule has 0 atom stereocenters. The SMILES string of the molecule is Cc1nc2c(C(=O)O)c[nH]n2c(=O)c1CCC(=O)O. The van der Waals surface area contributed by atoms with Crippen LogP contribution < -0.4 is 5.56 Å². The molecule has 8 nitrogen and oxygen atoms in total. The molecule has 0 amide bonds. The Morgan fingerprint density at radius 1 is 1.42 bits per heavy atom. The van der Waals surface area contributed by atoms with Gasteiger partial charge in [0.05, 0.1) is 0 Å². The molecule has 19 heavy (non-hydrogen) atoms. The predicted octanol–water partition coefficient (Wildman–Crippen LogP) is 0.0464. The lowest BCUT2D eigenvalue weighted by Gasteiger charge is -2.04. The summed E-state index contributed by atoms with van der Waals surface area (Å²) < 4.78 is 1.01. The van der Waals surface area contributed by atoms with Gasteiger partial charge in [-0.15, -0.1) is 0 Å². The van der Waals surface area contributed by atoms with Crippen molar-refractivity contribution in [2.45, 2.75) is 19.8 Å². The Hall–Kier alpha value is -2.64. The van der Waals surface area contributed by atoms with E-state index in [4.69, 9.17) is 10.2 Å². The third-order valence-electron chi connectivity index (χ3n) is 2.78. The van der Waals surface area contributed by atoms with Crippen molar-refractivity contribution in [1.82, 2.24) is 14.6 Å². The summed E-state index contributed by atoms with van der Waals surface area (Å²) in [7, 11) is 0. The molecule has 8 heteroatoms. The lowest BCUT2D eigenvalue weighted by molar-refractivity contribution is -0.136. The molecule has 0 unspecified atom stereocenters. The Balaban J connectivity index is 2.60. The van der Waals surface area contributed by atoms with E-state index >= 15 is 0 Å². The van der Waals surface area contributed by atoms with Crippen LogP contribution in [-0.2, 0) is 11.2 Å². The van der Waals surface area contributed by atoms with Gasteiger partial charge in [0.25, 0.3) is 5.56 Å². The van der Waals surface area contributed by atoms with Gasteiger partial charge in [0.1, 0.15) is 5.56 Å². The molecular weight excluding hydrogens is 254 g/mol. The molecule has 2 heterocycles. The summed E-state index contributed by atoms with van der Waals surface area (Å²) >= 11 is 0. The van der Waals surface area contributed by atoms with Crippen molar-refractivity contribution in [2.24, 2.45) is 0 Å². The third kappa shape index (κ3) is 2.19. The zero-order valence-electron chi connectivity index (χ0n) is 10.0. The summed E-state index contributed by atoms with van der Waals surface area (Å²) in [6.07, 6.45) is 1.04. The van der Waals surface area contributed by atoms with Crippen molar-refractivity contribution >= 4 is 17.6 Å². The fourth-order valence-corrected chi connectivity index (χ4v) is 1.83. The average molecular weight is 265 g/mol. The number of aromatic amines is 1. The number of hydrogen-bond donors (Lipinski definition) is 3. The van der Waals surface area contributed by atoms with Gasteiger partial charge < -0.3 is 10.2 Å². The van der Waals surface area contributed by atoms with Gasteiger partial charge in [-0.2, -0.15) is 0 Å². The Kier molecular flexibility index (Phi) is 3.07. The van der Waals surface area contributed by atoms with E-state index in [2.05, 4.69) is 10.1 Å². The van der Waals surface area contributed by atoms with Gasteiger partial charge >= 0.3 is 11.9 Å². The molecule has 0 aliphatic rings. The monoisotopic (exact) mass is 265 g/mol. The summed E-state index contributed by atoms with van der Waals surface area (Å²) in [6.45, 7) is 1.55. The Bertz CT molecular complexity index is 728. The van der Waals surface area contributed by atoms with Crippen LogP contribution in [0.5, 0.6) is 0 Å². The molecule has 0 saturated carbocycles. The van der Waals surface area contributed by atoms with Crippen LogP contribution in [0, 0.1) is 6.92 Å². The molecule has 3 N–H and O–H groups in total. The van der Waals surface area contributed by atoms with Crippen LogP contribution in [0.2, 0.25) is 0 Å². The van der Waals surface area contributed by atoms with Crippen molar-refractivity contribution < 1.29 is 19.8 Å². The Labute approximate surface area is 106 Å². The number of aromatic nitrogens is 3. The van der Waals surface area contributed by atoms with E-state index in [0.717, 1.165) is 4.52 Å². The molecule has 2 aromatic heterocycles. The first kappa shape index (κ1) is 12.8. The standard InChI is InChI=1S/C11H11N3O5/c1-5-6(2-3-8(15)16)10(17)14-9(13-5)7(4-12-14)11(18)19/h4,12H,2-3H2,1H3,(H,15,16)(H,18,19). The van der Waals surface area contributed by atoms with Gasteiger partial charge in [0, 0.05) is 23.9 Å². The van der Waals surface area contributed by atoms with Crippen LogP contribution in [0.1, 0.15) is 28.0 Å². The van der Waals surface area contributed by atoms with Crippen molar-refractivity contribution in [3.05, 3.63) is 33.4 Å². The van der Waals surface area contributed by atoms with E-state index in [1.165, 1.54) is 6.20 Å². The van der Waals surface area contributed by atoms with Crippen molar-refractivity contribution in [3.63, 3.8) is 0 Å². The van der Waals surface area contributed by atoms with Crippen molar-refractivity contribution in [1.29, 1.82) is 0 Å². The predicted molar refractivity (Wildman–Crippen MR) is 63.5 cm³/mol. The second kappa shape index (κ2) is 4.56. The average Bonchev–Trinajstić information content (AvgIpc) is 2.72. The van der Waals surface area contributed by atoms with E-state index in [9.17, 15) is 14.4 Å². The van der Waals surface area contributed by atoms with Crippen LogP contribution in [0.3, 0.4) is 0 Å². The maximum Gasteiger partial charge on any atom is 0.341 e. The Morgan fingerprint density at radius 2 is 2.11 bits per heavy atom. The summed E-state index contributed by atoms with van der Waals surface area (Å²) in [5.74, 6) is -2.20. The van der Waals surface area contributed by atoms with Gasteiger partial charge in [-0.1, -0.05) is 0 Å². The maximum atomic E-state index is 12.1. The largest absolute Gasteiger partial charge is 0.481 e. The van der Waals surface area contributed by atoms with E-state index < -0.39 is 17.5 Å². The second-order valence-electron chi connectivity index (χ2n) is 4.03. The third-order valence-corrected chi connectivity index (χ3v) is 2.78. The number of aliphatic carboxylic acids is 1. The number of aryl methyl sites for hydroxylation is 1. The molecule has 0 aliphatic carbocycles. The first-order valence-corrected chi connectivity index (χ1v) is 5.46. The number of rotatable bonds is 4. The maximum absolute atomic E-state index is 12.1.